The number of rotatable bonds is 0. The molecule has 0 unspecified atom stereocenters. The van der Waals surface area contributed by atoms with Crippen molar-refractivity contribution in [1.82, 2.24) is 0 Å². The molecule has 0 saturated carbocycles. The van der Waals surface area contributed by atoms with Crippen molar-refractivity contribution < 1.29 is 9.36 Å². The maximum atomic E-state index is 9.16. The first kappa shape index (κ1) is 4.68. The summed E-state index contributed by atoms with van der Waals surface area (Å²) < 4.78 is 9.16. The molecule has 0 saturated heterocycles. The van der Waals surface area contributed by atoms with Crippen LogP contribution in [-0.4, -0.2) is 6.29 Å². The minimum absolute atomic E-state index is 0.338. The fourth-order valence-corrected chi connectivity index (χ4v) is 0.0645. The maximum absolute atomic E-state index is 9.16. The second kappa shape index (κ2) is 3.68. The van der Waals surface area contributed by atoms with Gasteiger partial charge in [0.25, 0.3) is 0 Å². The van der Waals surface area contributed by atoms with Crippen LogP contribution < -0.4 is 0 Å². The van der Waals surface area contributed by atoms with Crippen LogP contribution in [0.1, 0.15) is 0 Å². The molecular formula is C2HO2P. The van der Waals surface area contributed by atoms with Crippen LogP contribution in [0.4, 0.5) is 0 Å². The molecule has 0 aromatic carbocycles. The van der Waals surface area contributed by atoms with Crippen LogP contribution in [0.3, 0.4) is 0 Å². The Morgan fingerprint density at radius 3 is 2.40 bits per heavy atom. The number of aldehydes is 1. The van der Waals surface area contributed by atoms with E-state index in [0.29, 0.717) is 6.29 Å². The summed E-state index contributed by atoms with van der Waals surface area (Å²) >= 11 is 0. The molecule has 0 fully saturated rings. The molecular weight excluding hydrogens is 87.0 g/mol. The first-order valence-electron chi connectivity index (χ1n) is 0.931. The second-order valence-electron chi connectivity index (χ2n) is 0.338. The van der Waals surface area contributed by atoms with E-state index in [0.717, 1.165) is 0 Å². The van der Waals surface area contributed by atoms with E-state index in [9.17, 15) is 0 Å². The van der Waals surface area contributed by atoms with Gasteiger partial charge >= 0.3 is 29.2 Å². The molecule has 0 aliphatic rings. The fraction of sp³-hybridized carbons (Fsp3) is 0. The van der Waals surface area contributed by atoms with Crippen LogP contribution in [0, 0.1) is 5.63 Å². The Labute approximate surface area is 30.3 Å². The predicted octanol–water partition coefficient (Wildman–Crippen LogP) is 0.436. The second-order valence-corrected chi connectivity index (χ2v) is 0.779. The molecule has 0 aromatic rings. The van der Waals surface area contributed by atoms with Crippen molar-refractivity contribution >= 4 is 14.2 Å². The van der Waals surface area contributed by atoms with E-state index in [1.165, 1.54) is 0 Å². The Balaban J connectivity index is 3.61. The van der Waals surface area contributed by atoms with Crippen LogP contribution in [-0.2, 0) is 9.36 Å². The van der Waals surface area contributed by atoms with E-state index < -0.39 is 0 Å². The number of hydrogen-bond donors (Lipinski definition) is 0. The third-order valence-electron chi connectivity index (χ3n) is 0.105. The summed E-state index contributed by atoms with van der Waals surface area (Å²) in [6.45, 7) is 0. The number of hydrogen-bond acceptors (Lipinski definition) is 2. The van der Waals surface area contributed by atoms with Crippen molar-refractivity contribution in [2.75, 3.05) is 0 Å². The summed E-state index contributed by atoms with van der Waals surface area (Å²) in [6, 6.07) is 0. The molecule has 0 aliphatic heterocycles. The quantitative estimate of drug-likeness (QED) is 0.318. The summed E-state index contributed by atoms with van der Waals surface area (Å²) in [5.74, 6) is 0. The number of carbonyl (C=O) groups is 1. The van der Waals surface area contributed by atoms with Crippen molar-refractivity contribution in [3.8, 4) is 5.63 Å². The molecule has 0 atom stereocenters. The van der Waals surface area contributed by atoms with Gasteiger partial charge in [-0.05, 0) is 0 Å². The Morgan fingerprint density at radius 2 is 2.40 bits per heavy atom. The first-order chi connectivity index (χ1) is 2.41. The average Bonchev–Trinajstić information content (AvgIpc) is 1.41. The van der Waals surface area contributed by atoms with Crippen LogP contribution >= 0.6 is 7.92 Å². The average molecular weight is 88.0 g/mol. The topological polar surface area (TPSA) is 34.1 Å². The Hall–Kier alpha value is -0.320. The summed E-state index contributed by atoms with van der Waals surface area (Å²) in [5, 5.41) is 0. The van der Waals surface area contributed by atoms with Crippen LogP contribution in [0.5, 0.6) is 0 Å². The molecule has 3 heteroatoms. The van der Waals surface area contributed by atoms with E-state index in [-0.39, 0.29) is 7.92 Å². The van der Waals surface area contributed by atoms with Gasteiger partial charge in [-0.1, -0.05) is 0 Å². The normalized spacial score (nSPS) is 4.80. The predicted molar refractivity (Wildman–Crippen MR) is 17.6 cm³/mol. The number of carbonyl (C=O) groups excluding carboxylic acids is 1. The summed E-state index contributed by atoms with van der Waals surface area (Å²) in [7, 11) is -0.338. The van der Waals surface area contributed by atoms with E-state index in [1.807, 2.05) is 5.63 Å². The zero-order chi connectivity index (χ0) is 4.12. The molecule has 0 aromatic heterocycles. The zero-order valence-corrected chi connectivity index (χ0v) is 3.24. The van der Waals surface area contributed by atoms with E-state index >= 15 is 0 Å². The molecule has 5 heavy (non-hydrogen) atoms. The van der Waals surface area contributed by atoms with Crippen LogP contribution in [0.15, 0.2) is 0 Å². The van der Waals surface area contributed by atoms with Gasteiger partial charge in [-0.3, -0.25) is 0 Å². The van der Waals surface area contributed by atoms with Crippen molar-refractivity contribution in [3.63, 3.8) is 0 Å². The van der Waals surface area contributed by atoms with E-state index in [1.54, 1.807) is 0 Å². The van der Waals surface area contributed by atoms with Gasteiger partial charge in [0.1, 0.15) is 0 Å². The van der Waals surface area contributed by atoms with Gasteiger partial charge in [0.05, 0.1) is 0 Å². The van der Waals surface area contributed by atoms with Gasteiger partial charge in [-0.2, -0.15) is 0 Å². The van der Waals surface area contributed by atoms with Gasteiger partial charge in [0.2, 0.25) is 0 Å². The van der Waals surface area contributed by atoms with Crippen LogP contribution in [0.25, 0.3) is 0 Å². The molecule has 0 heterocycles. The van der Waals surface area contributed by atoms with Crippen molar-refractivity contribution in [1.29, 1.82) is 0 Å². The Kier molecular flexibility index (Phi) is 3.44. The third kappa shape index (κ3) is 3.68. The van der Waals surface area contributed by atoms with Crippen molar-refractivity contribution in [2.24, 2.45) is 0 Å². The summed E-state index contributed by atoms with van der Waals surface area (Å²) in [5.41, 5.74) is 1.85. The van der Waals surface area contributed by atoms with Gasteiger partial charge in [-0.25, -0.2) is 0 Å². The molecule has 0 rings (SSSR count). The first-order valence-corrected chi connectivity index (χ1v) is 1.74. The summed E-state index contributed by atoms with van der Waals surface area (Å²) in [4.78, 5) is 9.09. The summed E-state index contributed by atoms with van der Waals surface area (Å²) in [6.07, 6.45) is 0.356. The molecule has 0 aliphatic carbocycles. The van der Waals surface area contributed by atoms with E-state index in [4.69, 9.17) is 9.36 Å². The van der Waals surface area contributed by atoms with Crippen molar-refractivity contribution in [3.05, 3.63) is 0 Å². The molecule has 26 valence electrons. The zero-order valence-electron chi connectivity index (χ0n) is 2.34. The minimum atomic E-state index is -0.338. The Bertz CT molecular complexity index is 109. The SMILES string of the molecule is O=CC#P=O. The monoisotopic (exact) mass is 88.0 g/mol. The van der Waals surface area contributed by atoms with Gasteiger partial charge < -0.3 is 0 Å². The molecule has 0 spiro atoms. The standard InChI is InChI=1S/C2HO2P/c3-1-2-5-4/h1H. The van der Waals surface area contributed by atoms with E-state index in [2.05, 4.69) is 0 Å². The van der Waals surface area contributed by atoms with Gasteiger partial charge in [0.15, 0.2) is 0 Å². The molecule has 0 amide bonds. The van der Waals surface area contributed by atoms with Crippen molar-refractivity contribution in [2.45, 2.75) is 0 Å². The Morgan fingerprint density at radius 1 is 1.80 bits per heavy atom. The fourth-order valence-electron chi connectivity index (χ4n) is 0.0215. The third-order valence-corrected chi connectivity index (χ3v) is 0.316. The van der Waals surface area contributed by atoms with Crippen LogP contribution in [0.2, 0.25) is 0 Å². The molecule has 2 nitrogen and oxygen atoms in total. The van der Waals surface area contributed by atoms with Gasteiger partial charge in [0, 0.05) is 0 Å². The van der Waals surface area contributed by atoms with Gasteiger partial charge in [-0.15, -0.1) is 0 Å². The molecule has 0 radical (unpaired) electrons. The molecule has 0 bridgehead atoms. The molecule has 0 N–H and O–H groups in total.